The van der Waals surface area contributed by atoms with Crippen molar-refractivity contribution in [2.75, 3.05) is 39.8 Å². The largest absolute Gasteiger partial charge is 0.497 e. The van der Waals surface area contributed by atoms with Crippen molar-refractivity contribution < 1.29 is 9.53 Å². The number of piperidine rings is 1. The standard InChI is InChI=1S/C18H27N3O2.ClH/c1-23-16-7-5-14(6-8-16)17(21-9-3-2-4-10-21)13-20-18(22)15-11-19-12-15;/h5-8,15,17,19H,2-4,9-13H2,1H3,(H,20,22);1H. The Kier molecular flexibility index (Phi) is 7.34. The maximum Gasteiger partial charge on any atom is 0.225 e. The number of rotatable bonds is 6. The smallest absolute Gasteiger partial charge is 0.225 e. The van der Waals surface area contributed by atoms with E-state index < -0.39 is 0 Å². The summed E-state index contributed by atoms with van der Waals surface area (Å²) in [5.41, 5.74) is 1.25. The van der Waals surface area contributed by atoms with Crippen LogP contribution in [0.5, 0.6) is 5.75 Å². The Hall–Kier alpha value is -1.30. The van der Waals surface area contributed by atoms with E-state index in [4.69, 9.17) is 4.74 Å². The Bertz CT molecular complexity index is 514. The van der Waals surface area contributed by atoms with Crippen molar-refractivity contribution in [2.24, 2.45) is 5.92 Å². The van der Waals surface area contributed by atoms with Gasteiger partial charge in [-0.25, -0.2) is 0 Å². The molecular weight excluding hydrogens is 326 g/mol. The number of likely N-dealkylation sites (tertiary alicyclic amines) is 1. The van der Waals surface area contributed by atoms with Gasteiger partial charge in [-0.05, 0) is 43.6 Å². The van der Waals surface area contributed by atoms with E-state index in [9.17, 15) is 4.79 Å². The second-order valence-electron chi connectivity index (χ2n) is 6.49. The zero-order valence-corrected chi connectivity index (χ0v) is 15.1. The van der Waals surface area contributed by atoms with Crippen molar-refractivity contribution in [1.82, 2.24) is 15.5 Å². The lowest BCUT2D eigenvalue weighted by Gasteiger charge is -2.36. The third kappa shape index (κ3) is 4.62. The van der Waals surface area contributed by atoms with Crippen LogP contribution in [0, 0.1) is 5.92 Å². The van der Waals surface area contributed by atoms with E-state index in [1.54, 1.807) is 7.11 Å². The Morgan fingerprint density at radius 3 is 2.46 bits per heavy atom. The van der Waals surface area contributed by atoms with Crippen LogP contribution in [0.4, 0.5) is 0 Å². The molecule has 1 unspecified atom stereocenters. The molecule has 2 fully saturated rings. The first-order chi connectivity index (χ1) is 11.3. The number of methoxy groups -OCH3 is 1. The topological polar surface area (TPSA) is 53.6 Å². The van der Waals surface area contributed by atoms with E-state index >= 15 is 0 Å². The normalized spacial score (nSPS) is 19.7. The van der Waals surface area contributed by atoms with Gasteiger partial charge in [0.2, 0.25) is 5.91 Å². The van der Waals surface area contributed by atoms with Crippen LogP contribution in [-0.4, -0.2) is 50.6 Å². The fourth-order valence-electron chi connectivity index (χ4n) is 3.33. The monoisotopic (exact) mass is 353 g/mol. The molecule has 1 atom stereocenters. The number of nitrogens with zero attached hydrogens (tertiary/aromatic N) is 1. The van der Waals surface area contributed by atoms with Gasteiger partial charge in [0.25, 0.3) is 0 Å². The van der Waals surface area contributed by atoms with Gasteiger partial charge in [0.1, 0.15) is 5.75 Å². The molecule has 2 aliphatic rings. The van der Waals surface area contributed by atoms with E-state index in [1.165, 1.54) is 24.8 Å². The molecule has 2 aliphatic heterocycles. The summed E-state index contributed by atoms with van der Waals surface area (Å²) >= 11 is 0. The summed E-state index contributed by atoms with van der Waals surface area (Å²) in [4.78, 5) is 14.7. The molecule has 0 saturated carbocycles. The van der Waals surface area contributed by atoms with Gasteiger partial charge in [-0.15, -0.1) is 12.4 Å². The van der Waals surface area contributed by atoms with Gasteiger partial charge < -0.3 is 15.4 Å². The van der Waals surface area contributed by atoms with Crippen LogP contribution in [-0.2, 0) is 4.79 Å². The quantitative estimate of drug-likeness (QED) is 0.821. The van der Waals surface area contributed by atoms with Gasteiger partial charge in [0.15, 0.2) is 0 Å². The number of amides is 1. The molecule has 0 radical (unpaired) electrons. The summed E-state index contributed by atoms with van der Waals surface area (Å²) in [5.74, 6) is 1.20. The van der Waals surface area contributed by atoms with E-state index in [-0.39, 0.29) is 30.3 Å². The molecular formula is C18H28ClN3O2. The van der Waals surface area contributed by atoms with Crippen LogP contribution in [0.2, 0.25) is 0 Å². The maximum absolute atomic E-state index is 12.2. The molecule has 5 nitrogen and oxygen atoms in total. The number of halogens is 1. The minimum absolute atomic E-state index is 0. The SMILES string of the molecule is COc1ccc(C(CNC(=O)C2CNC2)N2CCCCC2)cc1.Cl. The summed E-state index contributed by atoms with van der Waals surface area (Å²) in [6.07, 6.45) is 3.80. The first-order valence-electron chi connectivity index (χ1n) is 8.64. The molecule has 1 aromatic carbocycles. The van der Waals surface area contributed by atoms with Gasteiger partial charge >= 0.3 is 0 Å². The summed E-state index contributed by atoms with van der Waals surface area (Å²) in [7, 11) is 1.68. The molecule has 6 heteroatoms. The molecule has 134 valence electrons. The highest BCUT2D eigenvalue weighted by Crippen LogP contribution is 2.26. The molecule has 0 aromatic heterocycles. The zero-order chi connectivity index (χ0) is 16.1. The number of carbonyl (C=O) groups is 1. The first-order valence-corrected chi connectivity index (χ1v) is 8.64. The molecule has 1 aromatic rings. The van der Waals surface area contributed by atoms with Crippen molar-refractivity contribution in [3.8, 4) is 5.75 Å². The lowest BCUT2D eigenvalue weighted by molar-refractivity contribution is -0.126. The molecule has 2 N–H and O–H groups in total. The third-order valence-corrected chi connectivity index (χ3v) is 4.95. The average molecular weight is 354 g/mol. The predicted molar refractivity (Wildman–Crippen MR) is 97.8 cm³/mol. The predicted octanol–water partition coefficient (Wildman–Crippen LogP) is 1.98. The Balaban J connectivity index is 0.00000208. The molecule has 0 aliphatic carbocycles. The van der Waals surface area contributed by atoms with Crippen LogP contribution in [0.1, 0.15) is 30.9 Å². The Labute approximate surface area is 150 Å². The number of nitrogens with one attached hydrogen (secondary N) is 2. The molecule has 24 heavy (non-hydrogen) atoms. The van der Waals surface area contributed by atoms with Crippen LogP contribution in [0.15, 0.2) is 24.3 Å². The third-order valence-electron chi connectivity index (χ3n) is 4.95. The highest BCUT2D eigenvalue weighted by molar-refractivity contribution is 5.85. The number of hydrogen-bond acceptors (Lipinski definition) is 4. The van der Waals surface area contributed by atoms with Gasteiger partial charge in [0, 0.05) is 19.6 Å². The second-order valence-corrected chi connectivity index (χ2v) is 6.49. The number of benzene rings is 1. The van der Waals surface area contributed by atoms with Crippen molar-refractivity contribution in [2.45, 2.75) is 25.3 Å². The zero-order valence-electron chi connectivity index (χ0n) is 14.3. The fourth-order valence-corrected chi connectivity index (χ4v) is 3.33. The molecule has 2 heterocycles. The van der Waals surface area contributed by atoms with E-state index in [0.717, 1.165) is 31.9 Å². The molecule has 0 spiro atoms. The van der Waals surface area contributed by atoms with Crippen LogP contribution < -0.4 is 15.4 Å². The van der Waals surface area contributed by atoms with Crippen molar-refractivity contribution >= 4 is 18.3 Å². The minimum atomic E-state index is 0. The summed E-state index contributed by atoms with van der Waals surface area (Å²) in [5, 5.41) is 6.31. The summed E-state index contributed by atoms with van der Waals surface area (Å²) in [6.45, 7) is 4.52. The van der Waals surface area contributed by atoms with E-state index in [1.807, 2.05) is 12.1 Å². The summed E-state index contributed by atoms with van der Waals surface area (Å²) in [6, 6.07) is 8.50. The number of ether oxygens (including phenoxy) is 1. The maximum atomic E-state index is 12.2. The van der Waals surface area contributed by atoms with Gasteiger partial charge in [-0.3, -0.25) is 9.69 Å². The van der Waals surface area contributed by atoms with E-state index in [2.05, 4.69) is 27.7 Å². The molecule has 1 amide bonds. The lowest BCUT2D eigenvalue weighted by Crippen LogP contribution is -2.52. The molecule has 2 saturated heterocycles. The van der Waals surface area contributed by atoms with E-state index in [0.29, 0.717) is 6.54 Å². The lowest BCUT2D eigenvalue weighted by atomic mass is 9.99. The summed E-state index contributed by atoms with van der Waals surface area (Å²) < 4.78 is 5.26. The van der Waals surface area contributed by atoms with Crippen molar-refractivity contribution in [3.05, 3.63) is 29.8 Å². The van der Waals surface area contributed by atoms with Gasteiger partial charge in [-0.2, -0.15) is 0 Å². The Morgan fingerprint density at radius 2 is 1.92 bits per heavy atom. The fraction of sp³-hybridized carbons (Fsp3) is 0.611. The highest BCUT2D eigenvalue weighted by atomic mass is 35.5. The average Bonchev–Trinajstić information content (AvgIpc) is 2.55. The van der Waals surface area contributed by atoms with Crippen LogP contribution >= 0.6 is 12.4 Å². The molecule has 0 bridgehead atoms. The van der Waals surface area contributed by atoms with Gasteiger partial charge in [0.05, 0.1) is 19.1 Å². The second kappa shape index (κ2) is 9.25. The van der Waals surface area contributed by atoms with Crippen LogP contribution in [0.25, 0.3) is 0 Å². The molecule has 3 rings (SSSR count). The number of carbonyl (C=O) groups excluding carboxylic acids is 1. The number of hydrogen-bond donors (Lipinski definition) is 2. The highest BCUT2D eigenvalue weighted by Gasteiger charge is 2.27. The van der Waals surface area contributed by atoms with Crippen LogP contribution in [0.3, 0.4) is 0 Å². The van der Waals surface area contributed by atoms with Crippen molar-refractivity contribution in [3.63, 3.8) is 0 Å². The van der Waals surface area contributed by atoms with Crippen molar-refractivity contribution in [1.29, 1.82) is 0 Å². The first kappa shape index (κ1) is 19.0. The minimum Gasteiger partial charge on any atom is -0.497 e. The van der Waals surface area contributed by atoms with Gasteiger partial charge in [-0.1, -0.05) is 18.6 Å². The Morgan fingerprint density at radius 1 is 1.25 bits per heavy atom.